The van der Waals surface area contributed by atoms with Gasteiger partial charge in [-0.3, -0.25) is 0 Å². The van der Waals surface area contributed by atoms with E-state index >= 15 is 0 Å². The molecule has 0 radical (unpaired) electrons. The lowest BCUT2D eigenvalue weighted by Gasteiger charge is -2.23. The average molecular weight is 345 g/mol. The molecule has 0 aliphatic carbocycles. The van der Waals surface area contributed by atoms with E-state index in [4.69, 9.17) is 9.47 Å². The van der Waals surface area contributed by atoms with Crippen LogP contribution < -0.4 is 10.1 Å². The third kappa shape index (κ3) is 5.68. The van der Waals surface area contributed by atoms with Crippen LogP contribution in [-0.2, 0) is 20.7 Å². The van der Waals surface area contributed by atoms with Gasteiger partial charge in [-0.15, -0.1) is 0 Å². The van der Waals surface area contributed by atoms with Crippen molar-refractivity contribution in [1.29, 1.82) is 0 Å². The van der Waals surface area contributed by atoms with E-state index < -0.39 is 41.8 Å². The van der Waals surface area contributed by atoms with Gasteiger partial charge >= 0.3 is 12.1 Å². The van der Waals surface area contributed by atoms with Crippen molar-refractivity contribution in [3.05, 3.63) is 29.3 Å². The molecule has 0 saturated heterocycles. The Labute approximate surface area is 139 Å². The Balaban J connectivity index is 2.99. The normalized spacial score (nSPS) is 12.3. The number of esters is 1. The third-order valence-corrected chi connectivity index (χ3v) is 2.94. The molecule has 0 fully saturated rings. The molecule has 0 aliphatic heterocycles. The van der Waals surface area contributed by atoms with Crippen molar-refractivity contribution in [2.75, 3.05) is 14.2 Å². The van der Waals surface area contributed by atoms with E-state index in [1.54, 1.807) is 20.8 Å². The molecule has 0 heterocycles. The molecule has 0 saturated carbocycles. The molecular formula is C16H21F2NO5. The molecular weight excluding hydrogens is 324 g/mol. The minimum atomic E-state index is -1.30. The third-order valence-electron chi connectivity index (χ3n) is 2.94. The second-order valence-corrected chi connectivity index (χ2v) is 6.00. The zero-order chi connectivity index (χ0) is 18.5. The van der Waals surface area contributed by atoms with Crippen molar-refractivity contribution in [3.8, 4) is 5.75 Å². The smallest absolute Gasteiger partial charge is 0.408 e. The standard InChI is InChI=1S/C16H21F2NO5/c1-16(2,3)24-15(21)19-13(14(20)23-5)8-10-11(17)6-9(22-4)7-12(10)18/h6-7,13H,8H2,1-5H3,(H,19,21)/t13-/m0/s1. The second-order valence-electron chi connectivity index (χ2n) is 6.00. The first-order valence-corrected chi connectivity index (χ1v) is 7.16. The zero-order valence-electron chi connectivity index (χ0n) is 14.2. The van der Waals surface area contributed by atoms with Gasteiger partial charge < -0.3 is 19.5 Å². The fourth-order valence-corrected chi connectivity index (χ4v) is 1.88. The number of hydrogen-bond donors (Lipinski definition) is 1. The Morgan fingerprint density at radius 1 is 1.17 bits per heavy atom. The second kappa shape index (κ2) is 7.94. The highest BCUT2D eigenvalue weighted by molar-refractivity contribution is 5.81. The Morgan fingerprint density at radius 3 is 2.12 bits per heavy atom. The molecule has 6 nitrogen and oxygen atoms in total. The molecule has 1 amide bonds. The van der Waals surface area contributed by atoms with Crippen LogP contribution >= 0.6 is 0 Å². The molecule has 0 aromatic heterocycles. The van der Waals surface area contributed by atoms with Crippen LogP contribution in [0.4, 0.5) is 13.6 Å². The number of halogens is 2. The Kier molecular flexibility index (Phi) is 6.51. The molecule has 24 heavy (non-hydrogen) atoms. The van der Waals surface area contributed by atoms with Crippen molar-refractivity contribution >= 4 is 12.1 Å². The maximum absolute atomic E-state index is 14.0. The van der Waals surface area contributed by atoms with Crippen molar-refractivity contribution in [2.45, 2.75) is 38.8 Å². The molecule has 1 aromatic rings. The fraction of sp³-hybridized carbons (Fsp3) is 0.500. The van der Waals surface area contributed by atoms with Crippen LogP contribution in [0.5, 0.6) is 5.75 Å². The number of alkyl carbamates (subject to hydrolysis) is 1. The number of benzene rings is 1. The number of ether oxygens (including phenoxy) is 3. The van der Waals surface area contributed by atoms with E-state index in [2.05, 4.69) is 10.1 Å². The van der Waals surface area contributed by atoms with E-state index in [1.165, 1.54) is 7.11 Å². The predicted octanol–water partition coefficient (Wildman–Crippen LogP) is 2.58. The SMILES string of the molecule is COC(=O)[C@H](Cc1c(F)cc(OC)cc1F)NC(=O)OC(C)(C)C. The summed E-state index contributed by atoms with van der Waals surface area (Å²) in [5.74, 6) is -2.64. The quantitative estimate of drug-likeness (QED) is 0.831. The van der Waals surface area contributed by atoms with Gasteiger partial charge in [0.2, 0.25) is 0 Å². The number of amides is 1. The number of carbonyl (C=O) groups is 2. The van der Waals surface area contributed by atoms with Gasteiger partial charge in [-0.2, -0.15) is 0 Å². The van der Waals surface area contributed by atoms with Gasteiger partial charge in [0.15, 0.2) is 0 Å². The van der Waals surface area contributed by atoms with Gasteiger partial charge in [0.1, 0.15) is 29.0 Å². The largest absolute Gasteiger partial charge is 0.497 e. The monoisotopic (exact) mass is 345 g/mol. The van der Waals surface area contributed by atoms with Gasteiger partial charge in [0, 0.05) is 24.1 Å². The molecule has 0 spiro atoms. The average Bonchev–Trinajstić information content (AvgIpc) is 2.46. The fourth-order valence-electron chi connectivity index (χ4n) is 1.88. The molecule has 0 unspecified atom stereocenters. The van der Waals surface area contributed by atoms with Gasteiger partial charge in [0.05, 0.1) is 14.2 Å². The minimum Gasteiger partial charge on any atom is -0.497 e. The van der Waals surface area contributed by atoms with Gasteiger partial charge in [0.25, 0.3) is 0 Å². The van der Waals surface area contributed by atoms with Crippen LogP contribution in [0.25, 0.3) is 0 Å². The van der Waals surface area contributed by atoms with Crippen LogP contribution in [0, 0.1) is 11.6 Å². The number of methoxy groups -OCH3 is 2. The Morgan fingerprint density at radius 2 is 1.71 bits per heavy atom. The summed E-state index contributed by atoms with van der Waals surface area (Å²) in [4.78, 5) is 23.6. The van der Waals surface area contributed by atoms with E-state index in [1.807, 2.05) is 0 Å². The first-order chi connectivity index (χ1) is 11.1. The van der Waals surface area contributed by atoms with Gasteiger partial charge in [-0.1, -0.05) is 0 Å². The summed E-state index contributed by atoms with van der Waals surface area (Å²) in [6, 6.07) is 0.669. The Bertz CT molecular complexity index is 590. The van der Waals surface area contributed by atoms with Crippen molar-refractivity contribution in [1.82, 2.24) is 5.32 Å². The van der Waals surface area contributed by atoms with E-state index in [-0.39, 0.29) is 11.3 Å². The molecule has 0 bridgehead atoms. The van der Waals surface area contributed by atoms with Crippen LogP contribution in [0.1, 0.15) is 26.3 Å². The van der Waals surface area contributed by atoms with Crippen molar-refractivity contribution in [3.63, 3.8) is 0 Å². The highest BCUT2D eigenvalue weighted by atomic mass is 19.1. The first kappa shape index (κ1) is 19.7. The van der Waals surface area contributed by atoms with E-state index in [0.29, 0.717) is 0 Å². The van der Waals surface area contributed by atoms with Gasteiger partial charge in [-0.05, 0) is 20.8 Å². The summed E-state index contributed by atoms with van der Waals surface area (Å²) in [5.41, 5.74) is -1.16. The molecule has 0 aliphatic rings. The molecule has 1 rings (SSSR count). The number of hydrogen-bond acceptors (Lipinski definition) is 5. The van der Waals surface area contributed by atoms with Crippen LogP contribution in [-0.4, -0.2) is 37.9 Å². The summed E-state index contributed by atoms with van der Waals surface area (Å²) in [7, 11) is 2.38. The van der Waals surface area contributed by atoms with Crippen LogP contribution in [0.2, 0.25) is 0 Å². The van der Waals surface area contributed by atoms with Gasteiger partial charge in [-0.25, -0.2) is 18.4 Å². The number of carbonyl (C=O) groups excluding carboxylic acids is 2. The minimum absolute atomic E-state index is 0.00321. The summed E-state index contributed by atoms with van der Waals surface area (Å²) in [6.07, 6.45) is -1.33. The summed E-state index contributed by atoms with van der Waals surface area (Å²) >= 11 is 0. The highest BCUT2D eigenvalue weighted by Gasteiger charge is 2.27. The lowest BCUT2D eigenvalue weighted by atomic mass is 10.0. The molecule has 134 valence electrons. The van der Waals surface area contributed by atoms with Crippen LogP contribution in [0.15, 0.2) is 12.1 Å². The lowest BCUT2D eigenvalue weighted by molar-refractivity contribution is -0.143. The predicted molar refractivity (Wildman–Crippen MR) is 81.8 cm³/mol. The molecule has 1 aromatic carbocycles. The Hall–Kier alpha value is -2.38. The summed E-state index contributed by atoms with van der Waals surface area (Å²) in [5, 5.41) is 2.26. The zero-order valence-corrected chi connectivity index (χ0v) is 14.2. The molecule has 1 N–H and O–H groups in total. The van der Waals surface area contributed by atoms with Crippen LogP contribution in [0.3, 0.4) is 0 Å². The number of nitrogens with one attached hydrogen (secondary N) is 1. The molecule has 1 atom stereocenters. The number of rotatable bonds is 5. The first-order valence-electron chi connectivity index (χ1n) is 7.16. The summed E-state index contributed by atoms with van der Waals surface area (Å²) in [6.45, 7) is 4.92. The van der Waals surface area contributed by atoms with E-state index in [0.717, 1.165) is 19.2 Å². The topological polar surface area (TPSA) is 73.9 Å². The van der Waals surface area contributed by atoms with E-state index in [9.17, 15) is 18.4 Å². The summed E-state index contributed by atoms with van der Waals surface area (Å²) < 4.78 is 42.4. The molecule has 8 heteroatoms. The van der Waals surface area contributed by atoms with Crippen molar-refractivity contribution in [2.24, 2.45) is 0 Å². The lowest BCUT2D eigenvalue weighted by Crippen LogP contribution is -2.45. The maximum Gasteiger partial charge on any atom is 0.408 e. The highest BCUT2D eigenvalue weighted by Crippen LogP contribution is 2.22. The van der Waals surface area contributed by atoms with Crippen molar-refractivity contribution < 1.29 is 32.6 Å². The maximum atomic E-state index is 14.0.